The minimum Gasteiger partial charge on any atom is -0.507 e. The van der Waals surface area contributed by atoms with Crippen molar-refractivity contribution in [2.75, 3.05) is 0 Å². The smallest absolute Gasteiger partial charge is 0.207 e. The van der Waals surface area contributed by atoms with Crippen molar-refractivity contribution in [2.24, 2.45) is 4.99 Å². The number of Topliss-reactive ketones (excluding diaryl/α,β-unsaturated/α-hetero) is 1. The van der Waals surface area contributed by atoms with E-state index in [1.807, 2.05) is 13.8 Å². The third-order valence-corrected chi connectivity index (χ3v) is 3.90. The van der Waals surface area contributed by atoms with E-state index in [9.17, 15) is 9.90 Å². The summed E-state index contributed by atoms with van der Waals surface area (Å²) in [6, 6.07) is 3.60. The van der Waals surface area contributed by atoms with Crippen molar-refractivity contribution in [2.45, 2.75) is 13.8 Å². The molecule has 98 valence electrons. The highest BCUT2D eigenvalue weighted by Crippen LogP contribution is 2.29. The normalized spacial score (nSPS) is 15.2. The summed E-state index contributed by atoms with van der Waals surface area (Å²) in [6.45, 7) is 3.65. The number of hydrogen-bond acceptors (Lipinski definition) is 3. The molecule has 1 aliphatic rings. The summed E-state index contributed by atoms with van der Waals surface area (Å²) in [5.41, 5.74) is 2.96. The summed E-state index contributed by atoms with van der Waals surface area (Å²) in [5, 5.41) is 9.72. The van der Waals surface area contributed by atoms with Gasteiger partial charge in [-0.25, -0.2) is 4.99 Å². The van der Waals surface area contributed by atoms with Crippen LogP contribution in [0.2, 0.25) is 0 Å². The van der Waals surface area contributed by atoms with E-state index in [0.717, 1.165) is 16.8 Å². The van der Waals surface area contributed by atoms with E-state index in [4.69, 9.17) is 0 Å². The summed E-state index contributed by atoms with van der Waals surface area (Å²) >= 11 is 6.42. The lowest BCUT2D eigenvalue weighted by molar-refractivity contribution is -0.110. The molecule has 0 spiro atoms. The minimum absolute atomic E-state index is 0.1000. The fraction of sp³-hybridized carbons (Fsp3) is 0.143. The van der Waals surface area contributed by atoms with Crippen molar-refractivity contribution in [3.05, 3.63) is 44.4 Å². The van der Waals surface area contributed by atoms with E-state index in [0.29, 0.717) is 14.7 Å². The topological polar surface area (TPSA) is 49.7 Å². The van der Waals surface area contributed by atoms with E-state index in [2.05, 4.69) is 36.9 Å². The number of ketones is 1. The Morgan fingerprint density at radius 2 is 1.53 bits per heavy atom. The van der Waals surface area contributed by atoms with Crippen LogP contribution in [0.25, 0.3) is 0 Å². The van der Waals surface area contributed by atoms with Gasteiger partial charge in [-0.1, -0.05) is 0 Å². The van der Waals surface area contributed by atoms with Gasteiger partial charge in [-0.2, -0.15) is 0 Å². The maximum atomic E-state index is 11.6. The van der Waals surface area contributed by atoms with Crippen LogP contribution >= 0.6 is 31.9 Å². The molecule has 2 rings (SSSR count). The number of halogens is 2. The van der Waals surface area contributed by atoms with E-state index in [1.165, 1.54) is 0 Å². The van der Waals surface area contributed by atoms with Crippen LogP contribution in [-0.4, -0.2) is 16.6 Å². The molecule has 3 nitrogen and oxygen atoms in total. The molecule has 0 amide bonds. The lowest BCUT2D eigenvalue weighted by Crippen LogP contribution is -2.07. The molecule has 1 N–H and O–H groups in total. The Morgan fingerprint density at radius 3 is 2.00 bits per heavy atom. The van der Waals surface area contributed by atoms with Crippen molar-refractivity contribution in [3.63, 3.8) is 0 Å². The number of hydrogen-bond donors (Lipinski definition) is 1. The SMILES string of the molecule is Cc1cc(N=C2C=C(Br)C(=O)C(Br)=C2)cc(C)c1O. The largest absolute Gasteiger partial charge is 0.507 e. The maximum Gasteiger partial charge on any atom is 0.207 e. The Bertz CT molecular complexity index is 610. The summed E-state index contributed by atoms with van der Waals surface area (Å²) in [5.74, 6) is 0.188. The first kappa shape index (κ1) is 14.2. The molecule has 19 heavy (non-hydrogen) atoms. The van der Waals surface area contributed by atoms with Crippen LogP contribution in [0.5, 0.6) is 5.75 Å². The second kappa shape index (κ2) is 5.43. The van der Waals surface area contributed by atoms with E-state index >= 15 is 0 Å². The molecule has 0 fully saturated rings. The zero-order valence-corrected chi connectivity index (χ0v) is 13.5. The number of phenolic OH excluding ortho intramolecular Hbond substituents is 1. The van der Waals surface area contributed by atoms with Gasteiger partial charge in [-0.3, -0.25) is 4.79 Å². The lowest BCUT2D eigenvalue weighted by atomic mass is 10.1. The molecular formula is C14H11Br2NO2. The molecule has 0 unspecified atom stereocenters. The molecule has 0 saturated carbocycles. The summed E-state index contributed by atoms with van der Waals surface area (Å²) < 4.78 is 0.931. The lowest BCUT2D eigenvalue weighted by Gasteiger charge is -2.08. The average molecular weight is 385 g/mol. The van der Waals surface area contributed by atoms with Crippen LogP contribution in [0.1, 0.15) is 11.1 Å². The van der Waals surface area contributed by atoms with Gasteiger partial charge < -0.3 is 5.11 Å². The predicted molar refractivity (Wildman–Crippen MR) is 83.7 cm³/mol. The number of aliphatic imine (C=N–C) groups is 1. The Labute approximate surface area is 128 Å². The predicted octanol–water partition coefficient (Wildman–Crippen LogP) is 4.22. The van der Waals surface area contributed by atoms with Gasteiger partial charge in [0.2, 0.25) is 5.78 Å². The van der Waals surface area contributed by atoms with Gasteiger partial charge in [-0.15, -0.1) is 0 Å². The van der Waals surface area contributed by atoms with Crippen LogP contribution in [0.4, 0.5) is 5.69 Å². The third kappa shape index (κ3) is 3.04. The van der Waals surface area contributed by atoms with Crippen molar-refractivity contribution in [1.82, 2.24) is 0 Å². The Morgan fingerprint density at radius 1 is 1.05 bits per heavy atom. The number of allylic oxidation sites excluding steroid dienone is 4. The highest BCUT2D eigenvalue weighted by Gasteiger charge is 2.16. The van der Waals surface area contributed by atoms with Crippen LogP contribution < -0.4 is 0 Å². The molecular weight excluding hydrogens is 374 g/mol. The number of carbonyl (C=O) groups is 1. The molecule has 0 bridgehead atoms. The number of rotatable bonds is 1. The van der Waals surface area contributed by atoms with Gasteiger partial charge in [0.1, 0.15) is 5.75 Å². The van der Waals surface area contributed by atoms with Gasteiger partial charge in [0, 0.05) is 0 Å². The van der Waals surface area contributed by atoms with Crippen LogP contribution in [-0.2, 0) is 4.79 Å². The van der Waals surface area contributed by atoms with Gasteiger partial charge in [0.05, 0.1) is 20.4 Å². The zero-order valence-electron chi connectivity index (χ0n) is 10.4. The summed E-state index contributed by atoms with van der Waals surface area (Å²) in [6.07, 6.45) is 3.34. The molecule has 1 aliphatic carbocycles. The van der Waals surface area contributed by atoms with Gasteiger partial charge in [-0.05, 0) is 81.1 Å². The number of aromatic hydroxyl groups is 1. The molecule has 0 heterocycles. The monoisotopic (exact) mass is 383 g/mol. The number of benzene rings is 1. The van der Waals surface area contributed by atoms with Crippen molar-refractivity contribution >= 4 is 49.0 Å². The maximum absolute atomic E-state index is 11.6. The Kier molecular flexibility index (Phi) is 4.06. The van der Waals surface area contributed by atoms with E-state index < -0.39 is 0 Å². The fourth-order valence-corrected chi connectivity index (χ4v) is 2.92. The van der Waals surface area contributed by atoms with Gasteiger partial charge >= 0.3 is 0 Å². The van der Waals surface area contributed by atoms with E-state index in [1.54, 1.807) is 24.3 Å². The molecule has 0 aliphatic heterocycles. The molecule has 0 aromatic heterocycles. The highest BCUT2D eigenvalue weighted by molar-refractivity contribution is 9.13. The first-order valence-corrected chi connectivity index (χ1v) is 7.15. The molecule has 0 atom stereocenters. The van der Waals surface area contributed by atoms with Crippen molar-refractivity contribution in [3.8, 4) is 5.75 Å². The Hall–Kier alpha value is -1.20. The Balaban J connectivity index is 2.45. The first-order valence-electron chi connectivity index (χ1n) is 5.56. The third-order valence-electron chi connectivity index (χ3n) is 2.72. The van der Waals surface area contributed by atoms with Crippen LogP contribution in [0, 0.1) is 13.8 Å². The minimum atomic E-state index is -0.1000. The van der Waals surface area contributed by atoms with Crippen LogP contribution in [0.3, 0.4) is 0 Å². The first-order chi connectivity index (χ1) is 8.88. The van der Waals surface area contributed by atoms with Crippen molar-refractivity contribution in [1.29, 1.82) is 0 Å². The van der Waals surface area contributed by atoms with Gasteiger partial charge in [0.25, 0.3) is 0 Å². The standard InChI is InChI=1S/C14H11Br2NO2/c1-7-3-9(4-8(2)13(7)18)17-10-5-11(15)14(19)12(16)6-10/h3-6,18H,1-2H3. The van der Waals surface area contributed by atoms with Crippen LogP contribution in [0.15, 0.2) is 38.2 Å². The fourth-order valence-electron chi connectivity index (χ4n) is 1.76. The molecule has 0 saturated heterocycles. The van der Waals surface area contributed by atoms with Crippen molar-refractivity contribution < 1.29 is 9.90 Å². The highest BCUT2D eigenvalue weighted by atomic mass is 79.9. The number of carbonyl (C=O) groups excluding carboxylic acids is 1. The molecule has 1 aromatic rings. The average Bonchev–Trinajstić information content (AvgIpc) is 2.33. The molecule has 1 aromatic carbocycles. The van der Waals surface area contributed by atoms with Gasteiger partial charge in [0.15, 0.2) is 0 Å². The van der Waals surface area contributed by atoms with E-state index in [-0.39, 0.29) is 11.5 Å². The second-order valence-electron chi connectivity index (χ2n) is 4.28. The zero-order chi connectivity index (χ0) is 14.2. The molecule has 5 heteroatoms. The number of nitrogens with zero attached hydrogens (tertiary/aromatic N) is 1. The summed E-state index contributed by atoms with van der Waals surface area (Å²) in [7, 11) is 0. The second-order valence-corrected chi connectivity index (χ2v) is 5.99. The number of phenols is 1. The summed E-state index contributed by atoms with van der Waals surface area (Å²) in [4.78, 5) is 16.0. The molecule has 0 radical (unpaired) electrons. The number of aryl methyl sites for hydroxylation is 2. The quantitative estimate of drug-likeness (QED) is 0.737.